The number of alkyl halides is 2. The van der Waals surface area contributed by atoms with Crippen LogP contribution in [-0.4, -0.2) is 9.15 Å². The standard InChI is InChI=1S/C10H12Br2/c1-8(11)9-5-3-4-6-10(2,12)7-9/h3-8H,1-2H3. The van der Waals surface area contributed by atoms with Crippen molar-refractivity contribution in [2.24, 2.45) is 0 Å². The molecule has 0 saturated heterocycles. The molecule has 2 unspecified atom stereocenters. The lowest BCUT2D eigenvalue weighted by Gasteiger charge is -2.14. The Morgan fingerprint density at radius 3 is 2.67 bits per heavy atom. The molecule has 1 aliphatic carbocycles. The van der Waals surface area contributed by atoms with Crippen LogP contribution in [0, 0.1) is 0 Å². The molecule has 66 valence electrons. The van der Waals surface area contributed by atoms with Crippen LogP contribution < -0.4 is 0 Å². The normalized spacial score (nSPS) is 31.2. The molecule has 0 N–H and O–H groups in total. The maximum Gasteiger partial charge on any atom is 0.0597 e. The van der Waals surface area contributed by atoms with Crippen LogP contribution in [0.25, 0.3) is 0 Å². The van der Waals surface area contributed by atoms with Gasteiger partial charge >= 0.3 is 0 Å². The summed E-state index contributed by atoms with van der Waals surface area (Å²) in [6, 6.07) is 0. The van der Waals surface area contributed by atoms with Crippen molar-refractivity contribution in [2.75, 3.05) is 0 Å². The van der Waals surface area contributed by atoms with Crippen LogP contribution in [-0.2, 0) is 0 Å². The lowest BCUT2D eigenvalue weighted by Crippen LogP contribution is -2.09. The van der Waals surface area contributed by atoms with E-state index in [0.717, 1.165) is 0 Å². The van der Waals surface area contributed by atoms with E-state index in [1.807, 2.05) is 0 Å². The second kappa shape index (κ2) is 3.93. The first kappa shape index (κ1) is 10.3. The van der Waals surface area contributed by atoms with Crippen molar-refractivity contribution in [3.8, 4) is 0 Å². The van der Waals surface area contributed by atoms with E-state index in [4.69, 9.17) is 0 Å². The highest BCUT2D eigenvalue weighted by Crippen LogP contribution is 2.27. The molecule has 0 bridgehead atoms. The van der Waals surface area contributed by atoms with Gasteiger partial charge in [-0.25, -0.2) is 0 Å². The van der Waals surface area contributed by atoms with Gasteiger partial charge in [-0.3, -0.25) is 0 Å². The molecular weight excluding hydrogens is 280 g/mol. The third kappa shape index (κ3) is 2.91. The zero-order chi connectivity index (χ0) is 9.19. The molecule has 1 aliphatic rings. The molecule has 1 rings (SSSR count). The van der Waals surface area contributed by atoms with Crippen LogP contribution in [0.1, 0.15) is 13.8 Å². The van der Waals surface area contributed by atoms with E-state index in [2.05, 4.69) is 76.1 Å². The van der Waals surface area contributed by atoms with Crippen LogP contribution in [0.2, 0.25) is 0 Å². The lowest BCUT2D eigenvalue weighted by atomic mass is 10.1. The predicted molar refractivity (Wildman–Crippen MR) is 62.1 cm³/mol. The van der Waals surface area contributed by atoms with Crippen molar-refractivity contribution in [2.45, 2.75) is 23.0 Å². The van der Waals surface area contributed by atoms with Crippen LogP contribution in [0.3, 0.4) is 0 Å². The number of allylic oxidation sites excluding steroid dienone is 6. The maximum absolute atomic E-state index is 3.63. The zero-order valence-electron chi connectivity index (χ0n) is 7.22. The molecule has 2 atom stereocenters. The molecule has 0 aliphatic heterocycles. The molecule has 0 saturated carbocycles. The van der Waals surface area contributed by atoms with Crippen LogP contribution >= 0.6 is 31.9 Å². The molecule has 2 heteroatoms. The molecule has 12 heavy (non-hydrogen) atoms. The molecule has 0 amide bonds. The molecule has 0 nitrogen and oxygen atoms in total. The summed E-state index contributed by atoms with van der Waals surface area (Å²) in [7, 11) is 0. The fourth-order valence-electron chi connectivity index (χ4n) is 1.08. The average Bonchev–Trinajstić information content (AvgIpc) is 2.10. The van der Waals surface area contributed by atoms with Crippen molar-refractivity contribution in [1.29, 1.82) is 0 Å². The lowest BCUT2D eigenvalue weighted by molar-refractivity contribution is 1.01. The molecule has 0 heterocycles. The molecular formula is C10H12Br2. The average molecular weight is 292 g/mol. The van der Waals surface area contributed by atoms with Crippen LogP contribution in [0.4, 0.5) is 0 Å². The van der Waals surface area contributed by atoms with E-state index in [9.17, 15) is 0 Å². The number of halogens is 2. The topological polar surface area (TPSA) is 0 Å². The van der Waals surface area contributed by atoms with Gasteiger partial charge in [-0.15, -0.1) is 0 Å². The Morgan fingerprint density at radius 2 is 2.08 bits per heavy atom. The van der Waals surface area contributed by atoms with E-state index in [0.29, 0.717) is 4.83 Å². The fraction of sp³-hybridized carbons (Fsp3) is 0.400. The smallest absolute Gasteiger partial charge is 0.0597 e. The molecule has 0 radical (unpaired) electrons. The minimum absolute atomic E-state index is 0.00609. The predicted octanol–water partition coefficient (Wildman–Crippen LogP) is 3.98. The third-order valence-electron chi connectivity index (χ3n) is 1.73. The molecule has 0 spiro atoms. The number of hydrogen-bond donors (Lipinski definition) is 0. The van der Waals surface area contributed by atoms with E-state index < -0.39 is 0 Å². The van der Waals surface area contributed by atoms with Crippen molar-refractivity contribution in [1.82, 2.24) is 0 Å². The van der Waals surface area contributed by atoms with Gasteiger partial charge in [0.05, 0.1) is 4.32 Å². The molecule has 0 aromatic rings. The Bertz CT molecular complexity index is 245. The van der Waals surface area contributed by atoms with Crippen LogP contribution in [0.15, 0.2) is 36.0 Å². The Kier molecular flexibility index (Phi) is 3.36. The van der Waals surface area contributed by atoms with Gasteiger partial charge in [0.15, 0.2) is 0 Å². The molecule has 0 aromatic heterocycles. The highest BCUT2D eigenvalue weighted by molar-refractivity contribution is 9.10. The summed E-state index contributed by atoms with van der Waals surface area (Å²) < 4.78 is -0.00609. The SMILES string of the molecule is CC(Br)C1=CC(C)(Br)C=CC=C1. The van der Waals surface area contributed by atoms with E-state index in [1.54, 1.807) is 0 Å². The minimum atomic E-state index is -0.00609. The first-order valence-corrected chi connectivity index (χ1v) is 5.64. The summed E-state index contributed by atoms with van der Waals surface area (Å²) in [5, 5.41) is 0. The monoisotopic (exact) mass is 290 g/mol. The van der Waals surface area contributed by atoms with Gasteiger partial charge in [-0.1, -0.05) is 62.2 Å². The summed E-state index contributed by atoms with van der Waals surface area (Å²) in [4.78, 5) is 0.408. The second-order valence-corrected chi connectivity index (χ2v) is 6.21. The van der Waals surface area contributed by atoms with Crippen molar-refractivity contribution < 1.29 is 0 Å². The zero-order valence-corrected chi connectivity index (χ0v) is 10.4. The minimum Gasteiger partial charge on any atom is -0.0842 e. The van der Waals surface area contributed by atoms with Gasteiger partial charge in [-0.2, -0.15) is 0 Å². The van der Waals surface area contributed by atoms with Gasteiger partial charge in [0.2, 0.25) is 0 Å². The number of rotatable bonds is 1. The Labute approximate surface area is 90.7 Å². The highest BCUT2D eigenvalue weighted by atomic mass is 79.9. The Hall–Kier alpha value is 0.180. The van der Waals surface area contributed by atoms with Gasteiger partial charge in [-0.05, 0) is 19.4 Å². The summed E-state index contributed by atoms with van der Waals surface area (Å²) in [5.74, 6) is 0. The van der Waals surface area contributed by atoms with Gasteiger partial charge in [0.25, 0.3) is 0 Å². The molecule has 0 aromatic carbocycles. The third-order valence-corrected chi connectivity index (χ3v) is 2.75. The van der Waals surface area contributed by atoms with Crippen LogP contribution in [0.5, 0.6) is 0 Å². The Balaban J connectivity index is 2.95. The van der Waals surface area contributed by atoms with Crippen molar-refractivity contribution in [3.05, 3.63) is 36.0 Å². The second-order valence-electron chi connectivity index (χ2n) is 3.13. The first-order chi connectivity index (χ1) is 5.51. The largest absolute Gasteiger partial charge is 0.0842 e. The summed E-state index contributed by atoms with van der Waals surface area (Å²) >= 11 is 7.18. The number of hydrogen-bond acceptors (Lipinski definition) is 0. The fourth-order valence-corrected chi connectivity index (χ4v) is 1.78. The molecule has 0 fully saturated rings. The van der Waals surface area contributed by atoms with Crippen molar-refractivity contribution in [3.63, 3.8) is 0 Å². The first-order valence-electron chi connectivity index (χ1n) is 3.93. The van der Waals surface area contributed by atoms with Gasteiger partial charge in [0.1, 0.15) is 0 Å². The van der Waals surface area contributed by atoms with Gasteiger partial charge < -0.3 is 0 Å². The summed E-state index contributed by atoms with van der Waals surface area (Å²) in [6.45, 7) is 4.26. The van der Waals surface area contributed by atoms with E-state index in [-0.39, 0.29) is 4.32 Å². The van der Waals surface area contributed by atoms with Crippen molar-refractivity contribution >= 4 is 31.9 Å². The van der Waals surface area contributed by atoms with E-state index in [1.165, 1.54) is 5.57 Å². The van der Waals surface area contributed by atoms with Gasteiger partial charge in [0, 0.05) is 4.83 Å². The Morgan fingerprint density at radius 1 is 1.42 bits per heavy atom. The summed E-state index contributed by atoms with van der Waals surface area (Å²) in [5.41, 5.74) is 1.30. The van der Waals surface area contributed by atoms with E-state index >= 15 is 0 Å². The summed E-state index contributed by atoms with van der Waals surface area (Å²) in [6.07, 6.45) is 10.6. The highest BCUT2D eigenvalue weighted by Gasteiger charge is 2.15. The maximum atomic E-state index is 3.63. The quantitative estimate of drug-likeness (QED) is 0.641.